The first-order valence-electron chi connectivity index (χ1n) is 21.8. The van der Waals surface area contributed by atoms with Gasteiger partial charge in [-0.25, -0.2) is 0 Å². The quantitative estimate of drug-likeness (QED) is 0.107. The Morgan fingerprint density at radius 1 is 0.286 bits per heavy atom. The third kappa shape index (κ3) is 5.85. The standard InChI is InChI=1S/C60H42N2Si/c1-6-22-43(23-7-1)45-40-54-52-34-18-20-36-56(52)61(60(54)59(41-45)63(47-26-10-3-11-27-47,48-28-12-4-13-29-48)49-30-14-5-15-31-49)46-38-39-58-53(42-46)51-33-17-21-37-57(51)62(58)55-35-19-16-32-50(55)44-24-8-2-9-25-44/h1-42H. The number of benzene rings is 10. The molecule has 0 N–H and O–H groups in total. The summed E-state index contributed by atoms with van der Waals surface area (Å²) in [5.41, 5.74) is 11.9. The van der Waals surface area contributed by atoms with Crippen LogP contribution in [0.25, 0.3) is 77.2 Å². The SMILES string of the molecule is c1ccc(-c2cc([Si](c3ccccc3)(c3ccccc3)c3ccccc3)c3c(c2)c2ccccc2n3-c2ccc3c(c2)c2ccccc2n3-c2ccccc2-c2ccccc2)cc1. The van der Waals surface area contributed by atoms with Gasteiger partial charge in [0, 0.05) is 32.8 Å². The van der Waals surface area contributed by atoms with E-state index in [9.17, 15) is 0 Å². The van der Waals surface area contributed by atoms with Gasteiger partial charge in [-0.15, -0.1) is 0 Å². The minimum absolute atomic E-state index is 1.14. The van der Waals surface area contributed by atoms with Crippen LogP contribution in [0.1, 0.15) is 0 Å². The van der Waals surface area contributed by atoms with Crippen LogP contribution < -0.4 is 20.7 Å². The van der Waals surface area contributed by atoms with Gasteiger partial charge in [-0.1, -0.05) is 212 Å². The van der Waals surface area contributed by atoms with E-state index < -0.39 is 8.07 Å². The van der Waals surface area contributed by atoms with E-state index in [1.807, 2.05) is 0 Å². The molecule has 0 aliphatic heterocycles. The van der Waals surface area contributed by atoms with Gasteiger partial charge in [0.05, 0.1) is 27.8 Å². The molecule has 0 radical (unpaired) electrons. The fourth-order valence-electron chi connectivity index (χ4n) is 10.4. The van der Waals surface area contributed by atoms with Crippen molar-refractivity contribution in [1.29, 1.82) is 0 Å². The number of nitrogens with zero attached hydrogens (tertiary/aromatic N) is 2. The summed E-state index contributed by atoms with van der Waals surface area (Å²) in [4.78, 5) is 0. The molecule has 296 valence electrons. The molecule has 0 unspecified atom stereocenters. The minimum atomic E-state index is -3.06. The van der Waals surface area contributed by atoms with Crippen LogP contribution in [-0.4, -0.2) is 17.2 Å². The van der Waals surface area contributed by atoms with Gasteiger partial charge in [0.1, 0.15) is 0 Å². The Morgan fingerprint density at radius 3 is 1.35 bits per heavy atom. The molecule has 63 heavy (non-hydrogen) atoms. The molecule has 2 aromatic heterocycles. The van der Waals surface area contributed by atoms with Crippen molar-refractivity contribution in [3.05, 3.63) is 255 Å². The van der Waals surface area contributed by atoms with Gasteiger partial charge in [-0.05, 0) is 79.9 Å². The first kappa shape index (κ1) is 36.8. The Kier molecular flexibility index (Phi) is 8.87. The van der Waals surface area contributed by atoms with Crippen molar-refractivity contribution in [2.75, 3.05) is 0 Å². The van der Waals surface area contributed by atoms with E-state index in [1.165, 1.54) is 92.3 Å². The highest BCUT2D eigenvalue weighted by atomic mass is 28.3. The lowest BCUT2D eigenvalue weighted by molar-refractivity contribution is 1.17. The van der Waals surface area contributed by atoms with Crippen molar-refractivity contribution in [2.45, 2.75) is 0 Å². The highest BCUT2D eigenvalue weighted by molar-refractivity contribution is 7.20. The lowest BCUT2D eigenvalue weighted by Crippen LogP contribution is -2.75. The van der Waals surface area contributed by atoms with Crippen LogP contribution in [-0.2, 0) is 0 Å². The van der Waals surface area contributed by atoms with E-state index in [1.54, 1.807) is 0 Å². The van der Waals surface area contributed by atoms with Gasteiger partial charge in [0.15, 0.2) is 8.07 Å². The van der Waals surface area contributed by atoms with Crippen molar-refractivity contribution in [3.8, 4) is 33.6 Å². The predicted molar refractivity (Wildman–Crippen MR) is 270 cm³/mol. The van der Waals surface area contributed by atoms with E-state index in [0.29, 0.717) is 0 Å². The molecular weight excluding hydrogens is 777 g/mol. The third-order valence-electron chi connectivity index (χ3n) is 13.0. The van der Waals surface area contributed by atoms with Crippen molar-refractivity contribution >= 4 is 72.4 Å². The molecule has 0 saturated carbocycles. The normalized spacial score (nSPS) is 11.8. The molecule has 0 aliphatic rings. The molecule has 2 nitrogen and oxygen atoms in total. The summed E-state index contributed by atoms with van der Waals surface area (Å²) in [5, 5.41) is 10.3. The van der Waals surface area contributed by atoms with Crippen molar-refractivity contribution in [1.82, 2.24) is 9.13 Å². The Bertz CT molecular complexity index is 3500. The summed E-state index contributed by atoms with van der Waals surface area (Å²) in [6, 6.07) is 94.4. The van der Waals surface area contributed by atoms with Crippen LogP contribution in [0.2, 0.25) is 0 Å². The molecule has 0 spiro atoms. The molecule has 12 rings (SSSR count). The number of hydrogen-bond acceptors (Lipinski definition) is 0. The van der Waals surface area contributed by atoms with Gasteiger partial charge in [-0.2, -0.15) is 0 Å². The van der Waals surface area contributed by atoms with E-state index in [0.717, 1.165) is 5.69 Å². The van der Waals surface area contributed by atoms with E-state index >= 15 is 0 Å². The average Bonchev–Trinajstić information content (AvgIpc) is 3.88. The van der Waals surface area contributed by atoms with E-state index in [4.69, 9.17) is 0 Å². The molecule has 0 atom stereocenters. The summed E-state index contributed by atoms with van der Waals surface area (Å²) in [5.74, 6) is 0. The fourth-order valence-corrected chi connectivity index (χ4v) is 15.4. The zero-order chi connectivity index (χ0) is 41.7. The molecule has 3 heteroatoms. The van der Waals surface area contributed by atoms with Crippen LogP contribution in [0.5, 0.6) is 0 Å². The van der Waals surface area contributed by atoms with Gasteiger partial charge < -0.3 is 9.13 Å². The zero-order valence-corrected chi connectivity index (χ0v) is 35.6. The number of para-hydroxylation sites is 3. The van der Waals surface area contributed by atoms with Gasteiger partial charge in [-0.3, -0.25) is 0 Å². The monoisotopic (exact) mass is 818 g/mol. The molecule has 0 bridgehead atoms. The van der Waals surface area contributed by atoms with Crippen LogP contribution in [0.4, 0.5) is 0 Å². The lowest BCUT2D eigenvalue weighted by Gasteiger charge is -2.35. The molecule has 0 aliphatic carbocycles. The second-order valence-electron chi connectivity index (χ2n) is 16.4. The Hall–Kier alpha value is -7.98. The number of aromatic nitrogens is 2. The summed E-state index contributed by atoms with van der Waals surface area (Å²) in [7, 11) is -3.06. The molecule has 10 aromatic carbocycles. The van der Waals surface area contributed by atoms with Gasteiger partial charge >= 0.3 is 0 Å². The number of fused-ring (bicyclic) bond motifs is 6. The molecule has 0 amide bonds. The minimum Gasteiger partial charge on any atom is -0.309 e. The highest BCUT2D eigenvalue weighted by Gasteiger charge is 2.44. The molecular formula is C60H42N2Si. The van der Waals surface area contributed by atoms with Crippen molar-refractivity contribution in [3.63, 3.8) is 0 Å². The smallest absolute Gasteiger partial charge is 0.181 e. The first-order valence-corrected chi connectivity index (χ1v) is 23.8. The molecule has 0 fully saturated rings. The second-order valence-corrected chi connectivity index (χ2v) is 20.2. The first-order chi connectivity index (χ1) is 31.3. The van der Waals surface area contributed by atoms with E-state index in [2.05, 4.69) is 264 Å². The summed E-state index contributed by atoms with van der Waals surface area (Å²) >= 11 is 0. The lowest BCUT2D eigenvalue weighted by atomic mass is 10.0. The Labute approximate surface area is 368 Å². The molecule has 2 heterocycles. The summed E-state index contributed by atoms with van der Waals surface area (Å²) in [6.45, 7) is 0. The second kappa shape index (κ2) is 15.2. The maximum Gasteiger partial charge on any atom is 0.181 e. The maximum absolute atomic E-state index is 3.06. The number of rotatable bonds is 8. The third-order valence-corrected chi connectivity index (χ3v) is 17.8. The summed E-state index contributed by atoms with van der Waals surface area (Å²) < 4.78 is 5.03. The fraction of sp³-hybridized carbons (Fsp3) is 0. The van der Waals surface area contributed by atoms with Crippen LogP contribution >= 0.6 is 0 Å². The Balaban J connectivity index is 1.23. The zero-order valence-electron chi connectivity index (χ0n) is 34.6. The van der Waals surface area contributed by atoms with Crippen molar-refractivity contribution < 1.29 is 0 Å². The largest absolute Gasteiger partial charge is 0.309 e. The molecule has 0 saturated heterocycles. The molecule has 12 aromatic rings. The highest BCUT2D eigenvalue weighted by Crippen LogP contribution is 2.40. The van der Waals surface area contributed by atoms with Gasteiger partial charge in [0.25, 0.3) is 0 Å². The van der Waals surface area contributed by atoms with Crippen LogP contribution in [0, 0.1) is 0 Å². The van der Waals surface area contributed by atoms with Crippen molar-refractivity contribution in [2.24, 2.45) is 0 Å². The van der Waals surface area contributed by atoms with E-state index in [-0.39, 0.29) is 0 Å². The number of hydrogen-bond donors (Lipinski definition) is 0. The Morgan fingerprint density at radius 2 is 0.746 bits per heavy atom. The maximum atomic E-state index is 2.58. The summed E-state index contributed by atoms with van der Waals surface area (Å²) in [6.07, 6.45) is 0. The average molecular weight is 819 g/mol. The van der Waals surface area contributed by atoms with Gasteiger partial charge in [0.2, 0.25) is 0 Å². The predicted octanol–water partition coefficient (Wildman–Crippen LogP) is 12.6. The van der Waals surface area contributed by atoms with Crippen LogP contribution in [0.3, 0.4) is 0 Å². The van der Waals surface area contributed by atoms with Crippen LogP contribution in [0.15, 0.2) is 255 Å². The topological polar surface area (TPSA) is 9.86 Å².